The van der Waals surface area contributed by atoms with E-state index in [-0.39, 0.29) is 6.03 Å². The summed E-state index contributed by atoms with van der Waals surface area (Å²) in [5.41, 5.74) is 2.02. The van der Waals surface area contributed by atoms with Crippen molar-refractivity contribution in [1.29, 1.82) is 0 Å². The third-order valence-electron chi connectivity index (χ3n) is 4.99. The molecule has 0 spiro atoms. The number of hydrogen-bond donors (Lipinski definition) is 1. The van der Waals surface area contributed by atoms with Crippen LogP contribution in [-0.4, -0.2) is 60.2 Å². The van der Waals surface area contributed by atoms with Gasteiger partial charge in [-0.15, -0.1) is 0 Å². The van der Waals surface area contributed by atoms with Gasteiger partial charge < -0.3 is 20.0 Å². The van der Waals surface area contributed by atoms with Gasteiger partial charge in [-0.1, -0.05) is 12.1 Å². The molecule has 7 heteroatoms. The van der Waals surface area contributed by atoms with Gasteiger partial charge in [-0.2, -0.15) is 0 Å². The van der Waals surface area contributed by atoms with Crippen molar-refractivity contribution in [1.82, 2.24) is 14.9 Å². The third-order valence-corrected chi connectivity index (χ3v) is 4.99. The van der Waals surface area contributed by atoms with E-state index in [1.54, 1.807) is 12.4 Å². The first-order valence-electron chi connectivity index (χ1n) is 9.23. The fraction of sp³-hybridized carbons (Fsp3) is 0.421. The molecule has 2 aliphatic heterocycles. The fourth-order valence-corrected chi connectivity index (χ4v) is 3.57. The summed E-state index contributed by atoms with van der Waals surface area (Å²) < 4.78 is 0. The molecule has 2 aliphatic rings. The Hall–Kier alpha value is -2.83. The summed E-state index contributed by atoms with van der Waals surface area (Å²) in [4.78, 5) is 27.6. The van der Waals surface area contributed by atoms with Crippen molar-refractivity contribution in [2.24, 2.45) is 0 Å². The molecule has 3 heterocycles. The first-order chi connectivity index (χ1) is 12.8. The molecular formula is C19H24N6O. The van der Waals surface area contributed by atoms with Crippen molar-refractivity contribution in [2.45, 2.75) is 12.8 Å². The number of amides is 2. The summed E-state index contributed by atoms with van der Waals surface area (Å²) in [6.07, 6.45) is 5.92. The van der Waals surface area contributed by atoms with Gasteiger partial charge in [-0.25, -0.2) is 14.8 Å². The molecular weight excluding hydrogens is 328 g/mol. The SMILES string of the molecule is O=C(Nc1ccccc1N1CCCC1)N1CCN(c2ncccn2)CC1. The normalized spacial score (nSPS) is 17.5. The maximum atomic E-state index is 12.7. The number of anilines is 3. The molecule has 7 nitrogen and oxygen atoms in total. The summed E-state index contributed by atoms with van der Waals surface area (Å²) in [7, 11) is 0. The molecule has 0 radical (unpaired) electrons. The van der Waals surface area contributed by atoms with Gasteiger partial charge in [-0.05, 0) is 31.0 Å². The van der Waals surface area contributed by atoms with Crippen molar-refractivity contribution in [3.63, 3.8) is 0 Å². The zero-order valence-corrected chi connectivity index (χ0v) is 14.8. The van der Waals surface area contributed by atoms with Crippen LogP contribution in [0.4, 0.5) is 22.1 Å². The van der Waals surface area contributed by atoms with Crippen molar-refractivity contribution < 1.29 is 4.79 Å². The van der Waals surface area contributed by atoms with Gasteiger partial charge in [0.2, 0.25) is 5.95 Å². The summed E-state index contributed by atoms with van der Waals surface area (Å²) in [5, 5.41) is 3.11. The van der Waals surface area contributed by atoms with E-state index in [4.69, 9.17) is 0 Å². The second-order valence-corrected chi connectivity index (χ2v) is 6.66. The standard InChI is InChI=1S/C19H24N6O/c26-19(22-16-6-1-2-7-17(16)23-10-3-4-11-23)25-14-12-24(13-15-25)18-20-8-5-9-21-18/h1-2,5-9H,3-4,10-15H2,(H,22,26). The van der Waals surface area contributed by atoms with E-state index in [0.29, 0.717) is 13.1 Å². The molecule has 0 unspecified atom stereocenters. The van der Waals surface area contributed by atoms with Gasteiger partial charge in [-0.3, -0.25) is 0 Å². The van der Waals surface area contributed by atoms with Crippen LogP contribution in [0.25, 0.3) is 0 Å². The maximum absolute atomic E-state index is 12.7. The van der Waals surface area contributed by atoms with Crippen LogP contribution in [0.15, 0.2) is 42.7 Å². The summed E-state index contributed by atoms with van der Waals surface area (Å²) in [6.45, 7) is 4.92. The first kappa shape index (κ1) is 16.6. The first-order valence-corrected chi connectivity index (χ1v) is 9.23. The molecule has 1 aromatic carbocycles. The molecule has 2 aromatic rings. The number of carbonyl (C=O) groups is 1. The molecule has 1 aromatic heterocycles. The van der Waals surface area contributed by atoms with Crippen LogP contribution in [0, 0.1) is 0 Å². The van der Waals surface area contributed by atoms with Crippen LogP contribution in [0.1, 0.15) is 12.8 Å². The molecule has 2 saturated heterocycles. The highest BCUT2D eigenvalue weighted by Gasteiger charge is 2.24. The summed E-state index contributed by atoms with van der Waals surface area (Å²) >= 11 is 0. The molecule has 136 valence electrons. The Morgan fingerprint density at radius 1 is 0.846 bits per heavy atom. The number of carbonyl (C=O) groups excluding carboxylic acids is 1. The smallest absolute Gasteiger partial charge is 0.322 e. The van der Waals surface area contributed by atoms with Crippen molar-refractivity contribution in [2.75, 3.05) is 54.4 Å². The Kier molecular flexibility index (Phi) is 4.86. The summed E-state index contributed by atoms with van der Waals surface area (Å²) in [6, 6.07) is 9.85. The Labute approximate surface area is 153 Å². The molecule has 0 atom stereocenters. The minimum atomic E-state index is -0.0368. The second kappa shape index (κ2) is 7.59. The van der Waals surface area contributed by atoms with Gasteiger partial charge in [0.05, 0.1) is 11.4 Å². The molecule has 4 rings (SSSR count). The van der Waals surface area contributed by atoms with E-state index in [1.807, 2.05) is 29.2 Å². The van der Waals surface area contributed by atoms with E-state index in [0.717, 1.165) is 43.5 Å². The number of urea groups is 1. The highest BCUT2D eigenvalue weighted by molar-refractivity contribution is 5.93. The predicted molar refractivity (Wildman–Crippen MR) is 103 cm³/mol. The van der Waals surface area contributed by atoms with Gasteiger partial charge in [0.1, 0.15) is 0 Å². The van der Waals surface area contributed by atoms with E-state index >= 15 is 0 Å². The number of nitrogens with zero attached hydrogens (tertiary/aromatic N) is 5. The number of rotatable bonds is 3. The third kappa shape index (κ3) is 3.56. The molecule has 2 fully saturated rings. The van der Waals surface area contributed by atoms with Gasteiger partial charge >= 0.3 is 6.03 Å². The average Bonchev–Trinajstić information content (AvgIpc) is 3.24. The number of para-hydroxylation sites is 2. The quantitative estimate of drug-likeness (QED) is 0.919. The highest BCUT2D eigenvalue weighted by atomic mass is 16.2. The van der Waals surface area contributed by atoms with Crippen LogP contribution in [0.3, 0.4) is 0 Å². The zero-order chi connectivity index (χ0) is 17.8. The van der Waals surface area contributed by atoms with Crippen LogP contribution in [-0.2, 0) is 0 Å². The second-order valence-electron chi connectivity index (χ2n) is 6.66. The highest BCUT2D eigenvalue weighted by Crippen LogP contribution is 2.28. The fourth-order valence-electron chi connectivity index (χ4n) is 3.57. The van der Waals surface area contributed by atoms with E-state index in [1.165, 1.54) is 12.8 Å². The van der Waals surface area contributed by atoms with Crippen molar-refractivity contribution in [3.05, 3.63) is 42.7 Å². The Balaban J connectivity index is 1.38. The van der Waals surface area contributed by atoms with Gasteiger partial charge in [0, 0.05) is 51.7 Å². The van der Waals surface area contributed by atoms with Crippen LogP contribution in [0.2, 0.25) is 0 Å². The Morgan fingerprint density at radius 3 is 2.27 bits per heavy atom. The number of nitrogens with one attached hydrogen (secondary N) is 1. The number of aromatic nitrogens is 2. The minimum absolute atomic E-state index is 0.0368. The van der Waals surface area contributed by atoms with Crippen LogP contribution in [0.5, 0.6) is 0 Å². The Morgan fingerprint density at radius 2 is 1.54 bits per heavy atom. The number of benzene rings is 1. The topological polar surface area (TPSA) is 64.6 Å². The lowest BCUT2D eigenvalue weighted by Crippen LogP contribution is -2.50. The van der Waals surface area contributed by atoms with Crippen LogP contribution >= 0.6 is 0 Å². The van der Waals surface area contributed by atoms with Crippen molar-refractivity contribution >= 4 is 23.4 Å². The minimum Gasteiger partial charge on any atom is -0.370 e. The number of hydrogen-bond acceptors (Lipinski definition) is 5. The zero-order valence-electron chi connectivity index (χ0n) is 14.8. The largest absolute Gasteiger partial charge is 0.370 e. The molecule has 1 N–H and O–H groups in total. The van der Waals surface area contributed by atoms with Gasteiger partial charge in [0.25, 0.3) is 0 Å². The molecule has 0 saturated carbocycles. The average molecular weight is 352 g/mol. The predicted octanol–water partition coefficient (Wildman–Crippen LogP) is 2.43. The summed E-state index contributed by atoms with van der Waals surface area (Å²) in [5.74, 6) is 0.729. The van der Waals surface area contributed by atoms with Gasteiger partial charge in [0.15, 0.2) is 0 Å². The molecule has 0 aliphatic carbocycles. The van der Waals surface area contributed by atoms with E-state index in [9.17, 15) is 4.79 Å². The molecule has 26 heavy (non-hydrogen) atoms. The van der Waals surface area contributed by atoms with Crippen molar-refractivity contribution in [3.8, 4) is 0 Å². The molecule has 2 amide bonds. The lowest BCUT2D eigenvalue weighted by molar-refractivity contribution is 0.208. The number of piperazine rings is 1. The lowest BCUT2D eigenvalue weighted by Gasteiger charge is -2.34. The van der Waals surface area contributed by atoms with Crippen LogP contribution < -0.4 is 15.1 Å². The Bertz CT molecular complexity index is 739. The monoisotopic (exact) mass is 352 g/mol. The molecule has 0 bridgehead atoms. The van der Waals surface area contributed by atoms with E-state index < -0.39 is 0 Å². The maximum Gasteiger partial charge on any atom is 0.322 e. The lowest BCUT2D eigenvalue weighted by atomic mass is 10.2. The van der Waals surface area contributed by atoms with E-state index in [2.05, 4.69) is 31.2 Å².